The Kier molecular flexibility index (Phi) is 13.3. The summed E-state index contributed by atoms with van der Waals surface area (Å²) in [4.78, 5) is 45.0. The summed E-state index contributed by atoms with van der Waals surface area (Å²) in [5.41, 5.74) is 5.62. The molecule has 0 saturated carbocycles. The summed E-state index contributed by atoms with van der Waals surface area (Å²) in [6.45, 7) is -0.271. The predicted octanol–water partition coefficient (Wildman–Crippen LogP) is -3.30. The van der Waals surface area contributed by atoms with Gasteiger partial charge in [0.2, 0.25) is 11.8 Å². The first-order chi connectivity index (χ1) is 9.02. The minimum Gasteiger partial charge on any atom is -0.813 e. The van der Waals surface area contributed by atoms with Crippen molar-refractivity contribution in [2.45, 2.75) is 24.9 Å². The molecule has 2 unspecified atom stereocenters. The van der Waals surface area contributed by atoms with E-state index in [2.05, 4.69) is 16.0 Å². The van der Waals surface area contributed by atoms with Gasteiger partial charge in [0, 0.05) is 45.7 Å². The average molecular weight is 391 g/mol. The summed E-state index contributed by atoms with van der Waals surface area (Å²) < 4.78 is 0. The third-order valence-corrected chi connectivity index (χ3v) is 2.71. The van der Waals surface area contributed by atoms with Gasteiger partial charge in [-0.1, -0.05) is 6.04 Å². The molecule has 2 atom stereocenters. The molecular weight excluding hydrogens is 373 g/mol. The molecule has 1 rings (SSSR count). The largest absolute Gasteiger partial charge is 0.813 e. The van der Waals surface area contributed by atoms with Crippen LogP contribution in [-0.2, 0) is 65.4 Å². The molecule has 0 bridgehead atoms. The predicted molar refractivity (Wildman–Crippen MR) is 74.5 cm³/mol. The molecule has 2 amide bonds. The molecule has 1 heterocycles. The molecule has 21 heavy (non-hydrogen) atoms. The van der Waals surface area contributed by atoms with Crippen molar-refractivity contribution in [1.82, 2.24) is 16.0 Å². The van der Waals surface area contributed by atoms with Crippen LogP contribution in [0.15, 0.2) is 0 Å². The quantitative estimate of drug-likeness (QED) is 0.209. The Hall–Kier alpha value is -0.346. The summed E-state index contributed by atoms with van der Waals surface area (Å²) in [7, 11) is 0. The number of thiol groups is 1. The molecule has 117 valence electrons. The Morgan fingerprint density at radius 2 is 1.76 bits per heavy atom. The maximum absolute atomic E-state index is 11.6. The van der Waals surface area contributed by atoms with Crippen molar-refractivity contribution in [2.24, 2.45) is 5.73 Å². The van der Waals surface area contributed by atoms with Gasteiger partial charge in [0.1, 0.15) is 0 Å². The van der Waals surface area contributed by atoms with Gasteiger partial charge in [-0.25, -0.2) is 6.29 Å². The van der Waals surface area contributed by atoms with Crippen molar-refractivity contribution in [2.75, 3.05) is 19.6 Å². The molecular formula is C11H18N4O4SY-2. The second-order valence-electron chi connectivity index (χ2n) is 4.24. The Balaban J connectivity index is 0. The second kappa shape index (κ2) is 12.2. The third kappa shape index (κ3) is 9.31. The number of rotatable bonds is 1. The van der Waals surface area contributed by atoms with E-state index in [1.807, 2.05) is 0 Å². The van der Waals surface area contributed by atoms with Crippen LogP contribution in [0, 0.1) is 0 Å². The number of nitrogens with one attached hydrogen (secondary N) is 3. The SMILES string of the molecule is NC1CCC(=O)NCC(=O)NCC([C-]=O)NCC1=O.[SH-].[Y]. The first kappa shape index (κ1) is 22.9. The van der Waals surface area contributed by atoms with Crippen LogP contribution in [-0.4, -0.2) is 55.6 Å². The van der Waals surface area contributed by atoms with Gasteiger partial charge in [-0.3, -0.25) is 14.4 Å². The normalized spacial score (nSPS) is 24.7. The zero-order valence-electron chi connectivity index (χ0n) is 11.4. The van der Waals surface area contributed by atoms with Crippen LogP contribution >= 0.6 is 0 Å². The summed E-state index contributed by atoms with van der Waals surface area (Å²) in [6, 6.07) is -1.55. The number of ketones is 1. The van der Waals surface area contributed by atoms with E-state index in [1.165, 1.54) is 0 Å². The summed E-state index contributed by atoms with van der Waals surface area (Å²) in [5, 5.41) is 7.50. The van der Waals surface area contributed by atoms with Gasteiger partial charge in [0.05, 0.1) is 19.1 Å². The van der Waals surface area contributed by atoms with Crippen LogP contribution in [0.5, 0.6) is 0 Å². The Bertz CT molecular complexity index is 383. The Morgan fingerprint density at radius 3 is 2.38 bits per heavy atom. The van der Waals surface area contributed by atoms with Crippen LogP contribution in [0.1, 0.15) is 12.8 Å². The van der Waals surface area contributed by atoms with Crippen molar-refractivity contribution in [1.29, 1.82) is 0 Å². The van der Waals surface area contributed by atoms with E-state index >= 15 is 0 Å². The molecule has 1 radical (unpaired) electrons. The number of hydrogen-bond donors (Lipinski definition) is 4. The van der Waals surface area contributed by atoms with Gasteiger partial charge < -0.3 is 40.0 Å². The van der Waals surface area contributed by atoms with Crippen molar-refractivity contribution < 1.29 is 51.9 Å². The second-order valence-corrected chi connectivity index (χ2v) is 4.24. The van der Waals surface area contributed by atoms with Gasteiger partial charge in [0.25, 0.3) is 0 Å². The van der Waals surface area contributed by atoms with Crippen LogP contribution < -0.4 is 21.7 Å². The molecule has 10 heteroatoms. The van der Waals surface area contributed by atoms with Crippen LogP contribution in [0.3, 0.4) is 0 Å². The van der Waals surface area contributed by atoms with E-state index in [9.17, 15) is 19.2 Å². The van der Waals surface area contributed by atoms with Gasteiger partial charge in [-0.15, -0.1) is 0 Å². The molecule has 0 aromatic rings. The first-order valence-electron chi connectivity index (χ1n) is 5.95. The molecule has 5 N–H and O–H groups in total. The molecule has 0 spiro atoms. The monoisotopic (exact) mass is 391 g/mol. The van der Waals surface area contributed by atoms with Crippen molar-refractivity contribution in [3.8, 4) is 0 Å². The number of amides is 2. The smallest absolute Gasteiger partial charge is 0.239 e. The zero-order valence-corrected chi connectivity index (χ0v) is 15.2. The first-order valence-corrected chi connectivity index (χ1v) is 5.95. The number of Topliss-reactive ketones (excluding diaryl/α,β-unsaturated/α-hetero) is 1. The van der Waals surface area contributed by atoms with Crippen molar-refractivity contribution in [3.05, 3.63) is 0 Å². The third-order valence-electron chi connectivity index (χ3n) is 2.71. The van der Waals surface area contributed by atoms with Gasteiger partial charge in [-0.2, -0.15) is 0 Å². The minimum absolute atomic E-state index is 0. The van der Waals surface area contributed by atoms with E-state index in [0.29, 0.717) is 0 Å². The molecule has 0 aromatic carbocycles. The molecule has 1 aliphatic rings. The van der Waals surface area contributed by atoms with Crippen LogP contribution in [0.25, 0.3) is 0 Å². The summed E-state index contributed by atoms with van der Waals surface area (Å²) in [6.07, 6.45) is 1.95. The molecule has 1 aliphatic heterocycles. The maximum Gasteiger partial charge on any atom is 0.239 e. The molecule has 0 aliphatic carbocycles. The fourth-order valence-electron chi connectivity index (χ4n) is 1.50. The Labute approximate surface area is 155 Å². The summed E-state index contributed by atoms with van der Waals surface area (Å²) >= 11 is 0. The topological polar surface area (TPSA) is 130 Å². The van der Waals surface area contributed by atoms with Crippen LogP contribution in [0.4, 0.5) is 0 Å². The van der Waals surface area contributed by atoms with Gasteiger partial charge >= 0.3 is 0 Å². The number of nitrogens with two attached hydrogens (primary N) is 1. The fraction of sp³-hybridized carbons (Fsp3) is 0.636. The summed E-state index contributed by atoms with van der Waals surface area (Å²) in [5.74, 6) is -1.05. The number of carbonyl (C=O) groups is 3. The maximum atomic E-state index is 11.6. The number of carbonyl (C=O) groups excluding carboxylic acids is 4. The average Bonchev–Trinajstić information content (AvgIpc) is 2.41. The van der Waals surface area contributed by atoms with E-state index in [1.54, 1.807) is 6.29 Å². The molecule has 0 aromatic heterocycles. The van der Waals surface area contributed by atoms with E-state index in [4.69, 9.17) is 5.73 Å². The number of hydrogen-bond acceptors (Lipinski definition) is 7. The molecule has 8 nitrogen and oxygen atoms in total. The molecule has 1 fully saturated rings. The van der Waals surface area contributed by atoms with Crippen molar-refractivity contribution >= 4 is 37.4 Å². The van der Waals surface area contributed by atoms with E-state index in [-0.39, 0.29) is 90.4 Å². The van der Waals surface area contributed by atoms with Crippen LogP contribution in [0.2, 0.25) is 0 Å². The molecule has 1 saturated heterocycles. The Morgan fingerprint density at radius 1 is 1.10 bits per heavy atom. The fourth-order valence-corrected chi connectivity index (χ4v) is 1.50. The van der Waals surface area contributed by atoms with Gasteiger partial charge in [0.15, 0.2) is 5.78 Å². The van der Waals surface area contributed by atoms with Gasteiger partial charge in [-0.05, 0) is 6.42 Å². The standard InChI is InChI=1S/C11H17N4O4.H2S.Y/c12-8-1-2-10(18)15-5-11(19)14-3-7(6-16)13-4-9(8)17;;/h7-8,13H,1-5,12H2,(H,14,19)(H,15,18);1H2;/q-1;;/p-1. The minimum atomic E-state index is -0.781. The van der Waals surface area contributed by atoms with E-state index < -0.39 is 18.0 Å². The van der Waals surface area contributed by atoms with E-state index in [0.717, 1.165) is 0 Å². The zero-order chi connectivity index (χ0) is 14.3. The van der Waals surface area contributed by atoms with Crippen molar-refractivity contribution in [3.63, 3.8) is 0 Å².